The maximum atomic E-state index is 6.17. The monoisotopic (exact) mass is 364 g/mol. The van der Waals surface area contributed by atoms with E-state index in [4.69, 9.17) is 8.85 Å². The van der Waals surface area contributed by atoms with Crippen LogP contribution in [0.3, 0.4) is 0 Å². The van der Waals surface area contributed by atoms with E-state index in [-0.39, 0.29) is 12.6 Å². The number of hydrogen-bond donors (Lipinski definition) is 2. The predicted octanol–water partition coefficient (Wildman–Crippen LogP) is 3.28. The Labute approximate surface area is 127 Å². The summed E-state index contributed by atoms with van der Waals surface area (Å²) in [5.74, 6) is 0. The van der Waals surface area contributed by atoms with Crippen molar-refractivity contribution >= 4 is 32.6 Å². The second-order valence-electron chi connectivity index (χ2n) is 6.49. The maximum absolute atomic E-state index is 6.17. The quantitative estimate of drug-likeness (QED) is 0.734. The SMILES string of the molecule is C[Si](C)(C)OC1NC=C(C=CBr)C(O[Si](C)(C)C)N1. The van der Waals surface area contributed by atoms with Gasteiger partial charge in [-0.3, -0.25) is 0 Å². The van der Waals surface area contributed by atoms with E-state index >= 15 is 0 Å². The molecule has 2 unspecified atom stereocenters. The summed E-state index contributed by atoms with van der Waals surface area (Å²) in [6.07, 6.45) is 3.64. The summed E-state index contributed by atoms with van der Waals surface area (Å²) >= 11 is 3.31. The first-order chi connectivity index (χ1) is 8.61. The van der Waals surface area contributed by atoms with Crippen LogP contribution >= 0.6 is 15.9 Å². The van der Waals surface area contributed by atoms with Crippen molar-refractivity contribution in [2.75, 3.05) is 0 Å². The van der Waals surface area contributed by atoms with Gasteiger partial charge in [0.2, 0.25) is 0 Å². The molecular formula is C12H25BrN2O2Si2. The Bertz CT molecular complexity index is 362. The van der Waals surface area contributed by atoms with Crippen molar-refractivity contribution < 1.29 is 8.85 Å². The summed E-state index contributed by atoms with van der Waals surface area (Å²) in [5, 5.41) is 6.60. The van der Waals surface area contributed by atoms with Crippen molar-refractivity contribution in [3.05, 3.63) is 22.8 Å². The molecule has 0 aromatic carbocycles. The summed E-state index contributed by atoms with van der Waals surface area (Å²) in [4.78, 5) is 1.84. The molecule has 0 bridgehead atoms. The van der Waals surface area contributed by atoms with Gasteiger partial charge in [0.25, 0.3) is 0 Å². The first-order valence-corrected chi connectivity index (χ1v) is 14.2. The molecule has 7 heteroatoms. The summed E-state index contributed by atoms with van der Waals surface area (Å²) in [6, 6.07) is 0. The van der Waals surface area contributed by atoms with Gasteiger partial charge >= 0.3 is 0 Å². The molecule has 1 rings (SSSR count). The van der Waals surface area contributed by atoms with Gasteiger partial charge in [0.15, 0.2) is 23.0 Å². The molecule has 0 aromatic heterocycles. The molecule has 0 aliphatic carbocycles. The fourth-order valence-electron chi connectivity index (χ4n) is 1.61. The topological polar surface area (TPSA) is 42.5 Å². The Morgan fingerprint density at radius 2 is 1.68 bits per heavy atom. The van der Waals surface area contributed by atoms with Crippen LogP contribution in [0.4, 0.5) is 0 Å². The van der Waals surface area contributed by atoms with Gasteiger partial charge in [0.1, 0.15) is 6.23 Å². The minimum atomic E-state index is -1.63. The molecule has 1 aliphatic rings. The van der Waals surface area contributed by atoms with Crippen LogP contribution in [0.5, 0.6) is 0 Å². The van der Waals surface area contributed by atoms with Crippen LogP contribution in [-0.2, 0) is 8.85 Å². The Morgan fingerprint density at radius 3 is 2.16 bits per heavy atom. The normalized spacial score (nSPS) is 25.3. The first-order valence-electron chi connectivity index (χ1n) is 6.45. The summed E-state index contributed by atoms with van der Waals surface area (Å²) in [6.45, 7) is 13.1. The first kappa shape index (κ1) is 17.1. The van der Waals surface area contributed by atoms with E-state index in [1.54, 1.807) is 0 Å². The largest absolute Gasteiger partial charge is 0.398 e. The van der Waals surface area contributed by atoms with Gasteiger partial charge in [-0.1, -0.05) is 15.9 Å². The Hall–Kier alpha value is 0.0738. The standard InChI is InChI=1S/C12H25BrN2O2Si2/c1-18(2,3)16-11-10(7-8-13)9-14-12(15-11)17-19(4,5)6/h7-9,11-12,14-15H,1-6H3. The lowest BCUT2D eigenvalue weighted by molar-refractivity contribution is 0.0586. The highest BCUT2D eigenvalue weighted by Gasteiger charge is 2.30. The van der Waals surface area contributed by atoms with Crippen molar-refractivity contribution in [1.29, 1.82) is 0 Å². The fourth-order valence-corrected chi connectivity index (χ4v) is 3.67. The lowest BCUT2D eigenvalue weighted by Gasteiger charge is -2.37. The fraction of sp³-hybridized carbons (Fsp3) is 0.667. The molecule has 0 fully saturated rings. The number of nitrogens with one attached hydrogen (secondary N) is 2. The van der Waals surface area contributed by atoms with Crippen LogP contribution < -0.4 is 10.6 Å². The summed E-state index contributed by atoms with van der Waals surface area (Å²) < 4.78 is 12.2. The molecule has 0 spiro atoms. The van der Waals surface area contributed by atoms with Crippen LogP contribution in [0.15, 0.2) is 22.8 Å². The summed E-state index contributed by atoms with van der Waals surface area (Å²) in [5.41, 5.74) is 1.06. The van der Waals surface area contributed by atoms with Gasteiger partial charge in [-0.2, -0.15) is 0 Å². The van der Waals surface area contributed by atoms with E-state index in [0.29, 0.717) is 0 Å². The molecule has 19 heavy (non-hydrogen) atoms. The highest BCUT2D eigenvalue weighted by Crippen LogP contribution is 2.18. The third-order valence-corrected chi connectivity index (χ3v) is 4.36. The molecule has 1 heterocycles. The molecule has 0 amide bonds. The molecule has 0 saturated carbocycles. The number of rotatable bonds is 5. The van der Waals surface area contributed by atoms with E-state index in [2.05, 4.69) is 65.8 Å². The van der Waals surface area contributed by atoms with Crippen molar-refractivity contribution in [1.82, 2.24) is 10.6 Å². The van der Waals surface area contributed by atoms with E-state index in [9.17, 15) is 0 Å². The lowest BCUT2D eigenvalue weighted by Crippen LogP contribution is -2.57. The Balaban J connectivity index is 2.78. The maximum Gasteiger partial charge on any atom is 0.188 e. The van der Waals surface area contributed by atoms with Crippen molar-refractivity contribution in [2.45, 2.75) is 51.9 Å². The van der Waals surface area contributed by atoms with Crippen LogP contribution in [0.2, 0.25) is 39.3 Å². The van der Waals surface area contributed by atoms with Crippen molar-refractivity contribution in [2.24, 2.45) is 0 Å². The van der Waals surface area contributed by atoms with Crippen LogP contribution in [0.25, 0.3) is 0 Å². The smallest absolute Gasteiger partial charge is 0.188 e. The molecule has 0 aromatic rings. The predicted molar refractivity (Wildman–Crippen MR) is 88.9 cm³/mol. The van der Waals surface area contributed by atoms with E-state index in [1.807, 2.05) is 17.3 Å². The van der Waals surface area contributed by atoms with Gasteiger partial charge in [0, 0.05) is 11.8 Å². The van der Waals surface area contributed by atoms with Gasteiger partial charge < -0.3 is 14.2 Å². The van der Waals surface area contributed by atoms with Gasteiger partial charge in [-0.25, -0.2) is 5.32 Å². The second kappa shape index (κ2) is 6.69. The van der Waals surface area contributed by atoms with Crippen molar-refractivity contribution in [3.8, 4) is 0 Å². The molecule has 4 nitrogen and oxygen atoms in total. The van der Waals surface area contributed by atoms with Crippen LogP contribution in [-0.4, -0.2) is 29.2 Å². The highest BCUT2D eigenvalue weighted by atomic mass is 79.9. The molecule has 2 atom stereocenters. The zero-order valence-corrected chi connectivity index (χ0v) is 16.2. The van der Waals surface area contributed by atoms with E-state index in [1.165, 1.54) is 0 Å². The highest BCUT2D eigenvalue weighted by molar-refractivity contribution is 9.11. The third kappa shape index (κ3) is 6.87. The number of hydrogen-bond acceptors (Lipinski definition) is 4. The van der Waals surface area contributed by atoms with E-state index in [0.717, 1.165) is 5.57 Å². The zero-order valence-electron chi connectivity index (χ0n) is 12.6. The van der Waals surface area contributed by atoms with Gasteiger partial charge in [-0.05, 0) is 50.3 Å². The Morgan fingerprint density at radius 1 is 1.11 bits per heavy atom. The average Bonchev–Trinajstić information content (AvgIpc) is 2.17. The van der Waals surface area contributed by atoms with Crippen LogP contribution in [0, 0.1) is 0 Å². The molecule has 1 aliphatic heterocycles. The van der Waals surface area contributed by atoms with Gasteiger partial charge in [-0.15, -0.1) is 0 Å². The number of halogens is 1. The molecule has 0 saturated heterocycles. The van der Waals surface area contributed by atoms with Crippen molar-refractivity contribution in [3.63, 3.8) is 0 Å². The molecule has 110 valence electrons. The molecular weight excluding hydrogens is 340 g/mol. The minimum absolute atomic E-state index is 0.122. The average molecular weight is 365 g/mol. The minimum Gasteiger partial charge on any atom is -0.398 e. The second-order valence-corrected chi connectivity index (χ2v) is 15.9. The summed E-state index contributed by atoms with van der Waals surface area (Å²) in [7, 11) is -3.23. The van der Waals surface area contributed by atoms with Crippen LogP contribution in [0.1, 0.15) is 0 Å². The lowest BCUT2D eigenvalue weighted by atomic mass is 10.2. The van der Waals surface area contributed by atoms with Gasteiger partial charge in [0.05, 0.1) is 0 Å². The third-order valence-electron chi connectivity index (χ3n) is 2.21. The zero-order chi connectivity index (χ0) is 14.7. The molecule has 2 N–H and O–H groups in total. The Kier molecular flexibility index (Phi) is 6.03. The molecule has 0 radical (unpaired) electrons. The van der Waals surface area contributed by atoms with E-state index < -0.39 is 16.6 Å².